The first kappa shape index (κ1) is 15.9. The Balaban J connectivity index is 2.35. The van der Waals surface area contributed by atoms with Gasteiger partial charge in [0, 0.05) is 4.47 Å². The summed E-state index contributed by atoms with van der Waals surface area (Å²) >= 11 is 9.19. The van der Waals surface area contributed by atoms with Crippen LogP contribution in [-0.4, -0.2) is 15.5 Å². The zero-order valence-corrected chi connectivity index (χ0v) is 14.1. The number of methoxy groups -OCH3 is 1. The van der Waals surface area contributed by atoms with Crippen molar-refractivity contribution in [3.63, 3.8) is 0 Å². The highest BCUT2D eigenvalue weighted by atomic mass is 79.9. The highest BCUT2D eigenvalue weighted by Crippen LogP contribution is 2.29. The number of nitrogens with one attached hydrogen (secondary N) is 1. The minimum absolute atomic E-state index is 0.0123. The van der Waals surface area contributed by atoms with Crippen LogP contribution in [0, 0.1) is 0 Å². The van der Waals surface area contributed by atoms with Gasteiger partial charge in [-0.15, -0.1) is 0 Å². The van der Waals surface area contributed by atoms with Gasteiger partial charge >= 0.3 is 0 Å². The molecule has 0 aliphatic heterocycles. The third-order valence-electron chi connectivity index (χ3n) is 2.67. The molecule has 0 amide bonds. The van der Waals surface area contributed by atoms with Crippen molar-refractivity contribution in [1.29, 1.82) is 0 Å². The molecule has 112 valence electrons. The number of benzene rings is 2. The van der Waals surface area contributed by atoms with Crippen molar-refractivity contribution in [2.24, 2.45) is 0 Å². The molecule has 0 aliphatic rings. The SMILES string of the molecule is COc1ccc(NS(=O)(=O)c2ccc(Br)cc2Cl)cc1N. The predicted octanol–water partition coefficient (Wildman–Crippen LogP) is 3.49. The third kappa shape index (κ3) is 3.61. The van der Waals surface area contributed by atoms with E-state index < -0.39 is 10.0 Å². The number of halogens is 2. The fourth-order valence-corrected chi connectivity index (χ4v) is 3.79. The van der Waals surface area contributed by atoms with Crippen LogP contribution >= 0.6 is 27.5 Å². The van der Waals surface area contributed by atoms with Gasteiger partial charge in [0.05, 0.1) is 23.5 Å². The van der Waals surface area contributed by atoms with E-state index in [0.717, 1.165) is 0 Å². The van der Waals surface area contributed by atoms with Crippen molar-refractivity contribution >= 4 is 48.9 Å². The maximum absolute atomic E-state index is 12.3. The second-order valence-electron chi connectivity index (χ2n) is 4.14. The van der Waals surface area contributed by atoms with E-state index in [1.54, 1.807) is 18.2 Å². The number of ether oxygens (including phenoxy) is 1. The van der Waals surface area contributed by atoms with Crippen LogP contribution < -0.4 is 15.2 Å². The maximum atomic E-state index is 12.3. The van der Waals surface area contributed by atoms with E-state index in [2.05, 4.69) is 20.7 Å². The molecule has 2 rings (SSSR count). The molecule has 0 heterocycles. The summed E-state index contributed by atoms with van der Waals surface area (Å²) < 4.78 is 32.8. The Kier molecular flexibility index (Phi) is 4.65. The van der Waals surface area contributed by atoms with E-state index in [9.17, 15) is 8.42 Å². The third-order valence-corrected chi connectivity index (χ3v) is 5.02. The number of rotatable bonds is 4. The lowest BCUT2D eigenvalue weighted by molar-refractivity contribution is 0.417. The van der Waals surface area contributed by atoms with Crippen molar-refractivity contribution in [3.05, 3.63) is 45.9 Å². The molecule has 0 aromatic heterocycles. The molecule has 0 aliphatic carbocycles. The molecule has 0 atom stereocenters. The number of nitrogens with two attached hydrogens (primary N) is 1. The lowest BCUT2D eigenvalue weighted by Gasteiger charge is -2.11. The molecule has 0 radical (unpaired) electrons. The first-order valence-electron chi connectivity index (χ1n) is 5.75. The highest BCUT2D eigenvalue weighted by molar-refractivity contribution is 9.10. The van der Waals surface area contributed by atoms with E-state index >= 15 is 0 Å². The van der Waals surface area contributed by atoms with Crippen LogP contribution in [0.2, 0.25) is 5.02 Å². The molecule has 3 N–H and O–H groups in total. The second kappa shape index (κ2) is 6.13. The molecule has 0 saturated carbocycles. The van der Waals surface area contributed by atoms with Gasteiger partial charge in [-0.3, -0.25) is 4.72 Å². The Bertz CT molecular complexity index is 781. The van der Waals surface area contributed by atoms with Gasteiger partial charge in [-0.1, -0.05) is 27.5 Å². The highest BCUT2D eigenvalue weighted by Gasteiger charge is 2.18. The Labute approximate surface area is 136 Å². The Morgan fingerprint density at radius 2 is 1.95 bits per heavy atom. The van der Waals surface area contributed by atoms with Gasteiger partial charge in [0.1, 0.15) is 10.6 Å². The van der Waals surface area contributed by atoms with Crippen LogP contribution in [-0.2, 0) is 10.0 Å². The van der Waals surface area contributed by atoms with Gasteiger partial charge < -0.3 is 10.5 Å². The van der Waals surface area contributed by atoms with Crippen molar-refractivity contribution < 1.29 is 13.2 Å². The van der Waals surface area contributed by atoms with E-state index in [0.29, 0.717) is 21.6 Å². The molecule has 0 unspecified atom stereocenters. The Morgan fingerprint density at radius 1 is 1.24 bits per heavy atom. The lowest BCUT2D eigenvalue weighted by atomic mass is 10.2. The van der Waals surface area contributed by atoms with Crippen LogP contribution in [0.5, 0.6) is 5.75 Å². The van der Waals surface area contributed by atoms with Crippen molar-refractivity contribution in [2.75, 3.05) is 17.6 Å². The number of hydrogen-bond donors (Lipinski definition) is 2. The largest absolute Gasteiger partial charge is 0.495 e. The molecule has 5 nitrogen and oxygen atoms in total. The van der Waals surface area contributed by atoms with Gasteiger partial charge in [-0.05, 0) is 36.4 Å². The maximum Gasteiger partial charge on any atom is 0.263 e. The van der Waals surface area contributed by atoms with Crippen LogP contribution in [0.3, 0.4) is 0 Å². The molecule has 0 bridgehead atoms. The average Bonchev–Trinajstić information content (AvgIpc) is 2.37. The molecular formula is C13H12BrClN2O3S. The molecule has 2 aromatic carbocycles. The predicted molar refractivity (Wildman–Crippen MR) is 87.4 cm³/mol. The Hall–Kier alpha value is -1.44. The van der Waals surface area contributed by atoms with Crippen LogP contribution in [0.4, 0.5) is 11.4 Å². The summed E-state index contributed by atoms with van der Waals surface area (Å²) in [5.41, 5.74) is 6.41. The van der Waals surface area contributed by atoms with Crippen LogP contribution in [0.1, 0.15) is 0 Å². The summed E-state index contributed by atoms with van der Waals surface area (Å²) in [5.74, 6) is 0.472. The fourth-order valence-electron chi connectivity index (χ4n) is 1.70. The minimum atomic E-state index is -3.80. The first-order valence-corrected chi connectivity index (χ1v) is 8.40. The lowest BCUT2D eigenvalue weighted by Crippen LogP contribution is -2.13. The zero-order valence-electron chi connectivity index (χ0n) is 10.9. The van der Waals surface area contributed by atoms with Crippen molar-refractivity contribution in [3.8, 4) is 5.75 Å². The number of nitrogen functional groups attached to an aromatic ring is 1. The molecule has 2 aromatic rings. The standard InChI is InChI=1S/C13H12BrClN2O3S/c1-20-12-4-3-9(7-11(12)16)17-21(18,19)13-5-2-8(14)6-10(13)15/h2-7,17H,16H2,1H3. The van der Waals surface area contributed by atoms with Crippen molar-refractivity contribution in [1.82, 2.24) is 0 Å². The summed E-state index contributed by atoms with van der Waals surface area (Å²) in [6.07, 6.45) is 0. The average molecular weight is 392 g/mol. The van der Waals surface area contributed by atoms with Crippen LogP contribution in [0.15, 0.2) is 45.8 Å². The smallest absolute Gasteiger partial charge is 0.263 e. The molecule has 0 fully saturated rings. The molecule has 0 saturated heterocycles. The normalized spacial score (nSPS) is 11.2. The number of sulfonamides is 1. The summed E-state index contributed by atoms with van der Waals surface area (Å²) in [6.45, 7) is 0. The monoisotopic (exact) mass is 390 g/mol. The van der Waals surface area contributed by atoms with Crippen molar-refractivity contribution in [2.45, 2.75) is 4.90 Å². The van der Waals surface area contributed by atoms with E-state index in [-0.39, 0.29) is 9.92 Å². The molecule has 0 spiro atoms. The van der Waals surface area contributed by atoms with E-state index in [1.165, 1.54) is 25.3 Å². The summed E-state index contributed by atoms with van der Waals surface area (Å²) in [7, 11) is -2.31. The fraction of sp³-hybridized carbons (Fsp3) is 0.0769. The summed E-state index contributed by atoms with van der Waals surface area (Å²) in [4.78, 5) is -0.0123. The minimum Gasteiger partial charge on any atom is -0.495 e. The summed E-state index contributed by atoms with van der Waals surface area (Å²) in [6, 6.07) is 9.14. The second-order valence-corrected chi connectivity index (χ2v) is 7.11. The number of anilines is 2. The van der Waals surface area contributed by atoms with Gasteiger partial charge in [0.2, 0.25) is 0 Å². The van der Waals surface area contributed by atoms with Gasteiger partial charge in [0.15, 0.2) is 0 Å². The molecule has 8 heteroatoms. The number of hydrogen-bond acceptors (Lipinski definition) is 4. The molecule has 21 heavy (non-hydrogen) atoms. The van der Waals surface area contributed by atoms with E-state index in [4.69, 9.17) is 22.1 Å². The topological polar surface area (TPSA) is 81.4 Å². The van der Waals surface area contributed by atoms with Crippen LogP contribution in [0.25, 0.3) is 0 Å². The summed E-state index contributed by atoms with van der Waals surface area (Å²) in [5, 5.41) is 0.123. The van der Waals surface area contributed by atoms with Gasteiger partial charge in [0.25, 0.3) is 10.0 Å². The Morgan fingerprint density at radius 3 is 2.52 bits per heavy atom. The van der Waals surface area contributed by atoms with Gasteiger partial charge in [-0.2, -0.15) is 0 Å². The zero-order chi connectivity index (χ0) is 15.6. The first-order chi connectivity index (χ1) is 9.83. The molecular weight excluding hydrogens is 380 g/mol. The van der Waals surface area contributed by atoms with E-state index in [1.807, 2.05) is 0 Å². The quantitative estimate of drug-likeness (QED) is 0.782. The van der Waals surface area contributed by atoms with Gasteiger partial charge in [-0.25, -0.2) is 8.42 Å².